The molecule has 1 aliphatic rings. The molecule has 1 N–H and O–H groups in total. The van der Waals surface area contributed by atoms with Crippen molar-refractivity contribution in [2.24, 2.45) is 0 Å². The molecular weight excluding hydrogens is 345 g/mol. The number of nitrogens with one attached hydrogen (secondary N) is 1. The smallest absolute Gasteiger partial charge is 0.227 e. The van der Waals surface area contributed by atoms with Crippen LogP contribution in [-0.2, 0) is 17.8 Å². The van der Waals surface area contributed by atoms with E-state index in [4.69, 9.17) is 0 Å². The molecule has 2 aromatic carbocycles. The fraction of sp³-hybridized carbons (Fsp3) is 0.278. The Kier molecular flexibility index (Phi) is 4.57. The lowest BCUT2D eigenvalue weighted by atomic mass is 9.82. The standard InChI is InChI=1S/C18H17BrFNO/c19-14-8-9-17(20)13(10-14)11-21-18(22)16-7-3-5-12-4-1-2-6-15(12)16/h1-2,4,6,8-10,16H,3,5,7,11H2,(H,21,22). The second kappa shape index (κ2) is 6.61. The van der Waals surface area contributed by atoms with Crippen molar-refractivity contribution in [3.05, 3.63) is 69.4 Å². The van der Waals surface area contributed by atoms with Crippen LogP contribution >= 0.6 is 15.9 Å². The highest BCUT2D eigenvalue weighted by molar-refractivity contribution is 9.10. The molecule has 114 valence electrons. The fourth-order valence-corrected chi connectivity index (χ4v) is 3.42. The summed E-state index contributed by atoms with van der Waals surface area (Å²) in [6.07, 6.45) is 2.89. The summed E-state index contributed by atoms with van der Waals surface area (Å²) in [5.41, 5.74) is 2.86. The summed E-state index contributed by atoms with van der Waals surface area (Å²) >= 11 is 3.32. The van der Waals surface area contributed by atoms with E-state index in [1.807, 2.05) is 18.2 Å². The van der Waals surface area contributed by atoms with Gasteiger partial charge in [0.25, 0.3) is 0 Å². The van der Waals surface area contributed by atoms with Crippen molar-refractivity contribution in [1.29, 1.82) is 0 Å². The number of rotatable bonds is 3. The first kappa shape index (κ1) is 15.2. The molecule has 1 atom stereocenters. The lowest BCUT2D eigenvalue weighted by Gasteiger charge is -2.24. The van der Waals surface area contributed by atoms with Crippen LogP contribution in [0.25, 0.3) is 0 Å². The summed E-state index contributed by atoms with van der Waals surface area (Å²) in [5.74, 6) is -0.445. The first-order valence-corrected chi connectivity index (χ1v) is 8.24. The molecule has 3 rings (SSSR count). The lowest BCUT2D eigenvalue weighted by molar-refractivity contribution is -0.123. The summed E-state index contributed by atoms with van der Waals surface area (Å²) in [5, 5.41) is 2.88. The van der Waals surface area contributed by atoms with Gasteiger partial charge in [-0.1, -0.05) is 40.2 Å². The second-order valence-corrected chi connectivity index (χ2v) is 6.51. The Balaban J connectivity index is 1.72. The van der Waals surface area contributed by atoms with Gasteiger partial charge in [-0.3, -0.25) is 4.79 Å². The Morgan fingerprint density at radius 3 is 2.95 bits per heavy atom. The third-order valence-electron chi connectivity index (χ3n) is 4.15. The van der Waals surface area contributed by atoms with Crippen LogP contribution in [0.5, 0.6) is 0 Å². The quantitative estimate of drug-likeness (QED) is 0.866. The zero-order valence-corrected chi connectivity index (χ0v) is 13.7. The molecule has 2 nitrogen and oxygen atoms in total. The number of amides is 1. The van der Waals surface area contributed by atoms with Gasteiger partial charge in [-0.25, -0.2) is 4.39 Å². The maximum absolute atomic E-state index is 13.7. The van der Waals surface area contributed by atoms with Gasteiger partial charge in [0.15, 0.2) is 0 Å². The maximum atomic E-state index is 13.7. The van der Waals surface area contributed by atoms with Crippen LogP contribution in [0, 0.1) is 5.82 Å². The Morgan fingerprint density at radius 1 is 1.27 bits per heavy atom. The fourth-order valence-electron chi connectivity index (χ4n) is 3.01. The molecule has 0 radical (unpaired) electrons. The van der Waals surface area contributed by atoms with E-state index < -0.39 is 0 Å². The van der Waals surface area contributed by atoms with E-state index in [2.05, 4.69) is 27.3 Å². The third-order valence-corrected chi connectivity index (χ3v) is 4.64. The van der Waals surface area contributed by atoms with Crippen LogP contribution in [-0.4, -0.2) is 5.91 Å². The number of hydrogen-bond acceptors (Lipinski definition) is 1. The monoisotopic (exact) mass is 361 g/mol. The molecule has 22 heavy (non-hydrogen) atoms. The lowest BCUT2D eigenvalue weighted by Crippen LogP contribution is -2.31. The van der Waals surface area contributed by atoms with E-state index >= 15 is 0 Å². The minimum absolute atomic E-state index is 0.0217. The van der Waals surface area contributed by atoms with Crippen LogP contribution < -0.4 is 5.32 Å². The molecule has 0 saturated carbocycles. The van der Waals surface area contributed by atoms with Crippen molar-refractivity contribution in [3.8, 4) is 0 Å². The number of aryl methyl sites for hydroxylation is 1. The minimum Gasteiger partial charge on any atom is -0.351 e. The number of carbonyl (C=O) groups is 1. The van der Waals surface area contributed by atoms with Crippen LogP contribution in [0.1, 0.15) is 35.4 Å². The Hall–Kier alpha value is -1.68. The van der Waals surface area contributed by atoms with Gasteiger partial charge in [-0.2, -0.15) is 0 Å². The Bertz CT molecular complexity index is 701. The number of halogens is 2. The van der Waals surface area contributed by atoms with Gasteiger partial charge >= 0.3 is 0 Å². The van der Waals surface area contributed by atoms with Gasteiger partial charge in [0, 0.05) is 16.6 Å². The molecule has 4 heteroatoms. The second-order valence-electron chi connectivity index (χ2n) is 5.60. The molecular formula is C18H17BrFNO. The van der Waals surface area contributed by atoms with Crippen molar-refractivity contribution in [1.82, 2.24) is 5.32 Å². The average molecular weight is 362 g/mol. The predicted octanol–water partition coefficient (Wildman–Crippen LogP) is 4.32. The normalized spacial score (nSPS) is 16.9. The van der Waals surface area contributed by atoms with Gasteiger partial charge in [0.05, 0.1) is 5.92 Å². The highest BCUT2D eigenvalue weighted by Gasteiger charge is 2.25. The topological polar surface area (TPSA) is 29.1 Å². The number of hydrogen-bond donors (Lipinski definition) is 1. The maximum Gasteiger partial charge on any atom is 0.227 e. The van der Waals surface area contributed by atoms with Gasteiger partial charge in [-0.15, -0.1) is 0 Å². The largest absolute Gasteiger partial charge is 0.351 e. The zero-order chi connectivity index (χ0) is 15.5. The van der Waals surface area contributed by atoms with E-state index in [-0.39, 0.29) is 24.2 Å². The van der Waals surface area contributed by atoms with Gasteiger partial charge in [0.2, 0.25) is 5.91 Å². The van der Waals surface area contributed by atoms with Gasteiger partial charge < -0.3 is 5.32 Å². The molecule has 0 aliphatic heterocycles. The van der Waals surface area contributed by atoms with Crippen LogP contribution in [0.4, 0.5) is 4.39 Å². The van der Waals surface area contributed by atoms with E-state index in [0.717, 1.165) is 29.3 Å². The van der Waals surface area contributed by atoms with Gasteiger partial charge in [0.1, 0.15) is 5.82 Å². The first-order chi connectivity index (χ1) is 10.6. The third kappa shape index (κ3) is 3.22. The number of fused-ring (bicyclic) bond motifs is 1. The first-order valence-electron chi connectivity index (χ1n) is 7.44. The minimum atomic E-state index is -0.299. The number of benzene rings is 2. The van der Waals surface area contributed by atoms with Crippen LogP contribution in [0.15, 0.2) is 46.9 Å². The molecule has 0 fully saturated rings. The molecule has 1 aliphatic carbocycles. The molecule has 1 unspecified atom stereocenters. The summed E-state index contributed by atoms with van der Waals surface area (Å²) in [4.78, 5) is 12.5. The van der Waals surface area contributed by atoms with Crippen molar-refractivity contribution in [2.75, 3.05) is 0 Å². The SMILES string of the molecule is O=C(NCc1cc(Br)ccc1F)C1CCCc2ccccc21. The summed E-state index contributed by atoms with van der Waals surface area (Å²) in [6.45, 7) is 0.211. The summed E-state index contributed by atoms with van der Waals surface area (Å²) in [7, 11) is 0. The molecule has 0 heterocycles. The molecule has 0 bridgehead atoms. The zero-order valence-electron chi connectivity index (χ0n) is 12.1. The van der Waals surface area contributed by atoms with E-state index in [0.29, 0.717) is 5.56 Å². The van der Waals surface area contributed by atoms with Crippen LogP contribution in [0.2, 0.25) is 0 Å². The Morgan fingerprint density at radius 2 is 2.09 bits per heavy atom. The summed E-state index contributed by atoms with van der Waals surface area (Å²) in [6, 6.07) is 12.8. The molecule has 0 spiro atoms. The number of carbonyl (C=O) groups excluding carboxylic acids is 1. The van der Waals surface area contributed by atoms with E-state index in [1.54, 1.807) is 12.1 Å². The van der Waals surface area contributed by atoms with E-state index in [9.17, 15) is 9.18 Å². The van der Waals surface area contributed by atoms with E-state index in [1.165, 1.54) is 11.6 Å². The van der Waals surface area contributed by atoms with Crippen molar-refractivity contribution < 1.29 is 9.18 Å². The molecule has 0 aromatic heterocycles. The van der Waals surface area contributed by atoms with Crippen molar-refractivity contribution >= 4 is 21.8 Å². The highest BCUT2D eigenvalue weighted by Crippen LogP contribution is 2.31. The highest BCUT2D eigenvalue weighted by atomic mass is 79.9. The molecule has 2 aromatic rings. The van der Waals surface area contributed by atoms with Crippen molar-refractivity contribution in [3.63, 3.8) is 0 Å². The van der Waals surface area contributed by atoms with Crippen molar-refractivity contribution in [2.45, 2.75) is 31.7 Å². The summed E-state index contributed by atoms with van der Waals surface area (Å²) < 4.78 is 14.5. The molecule has 0 saturated heterocycles. The Labute approximate surface area is 137 Å². The predicted molar refractivity (Wildman–Crippen MR) is 88.1 cm³/mol. The van der Waals surface area contributed by atoms with Gasteiger partial charge in [-0.05, 0) is 48.6 Å². The average Bonchev–Trinajstić information content (AvgIpc) is 2.55. The molecule has 1 amide bonds. The van der Waals surface area contributed by atoms with Crippen LogP contribution in [0.3, 0.4) is 0 Å².